The van der Waals surface area contributed by atoms with Crippen LogP contribution in [0.15, 0.2) is 12.1 Å². The molecule has 13 heavy (non-hydrogen) atoms. The number of anilines is 1. The van der Waals surface area contributed by atoms with E-state index < -0.39 is 17.3 Å². The molecule has 0 spiro atoms. The van der Waals surface area contributed by atoms with Crippen molar-refractivity contribution in [1.82, 2.24) is 0 Å². The molecule has 0 bridgehead atoms. The van der Waals surface area contributed by atoms with Crippen LogP contribution in [0.1, 0.15) is 0 Å². The maximum absolute atomic E-state index is 13.0. The van der Waals surface area contributed by atoms with Crippen LogP contribution in [0, 0.1) is 15.2 Å². The molecule has 0 fully saturated rings. The fraction of sp³-hybridized carbons (Fsp3) is 0.143. The van der Waals surface area contributed by atoms with E-state index in [0.29, 0.717) is 0 Å². The molecule has 0 amide bonds. The molecule has 0 heterocycles. The molecular weight excluding hydrogens is 298 g/mol. The van der Waals surface area contributed by atoms with Gasteiger partial charge in [0.1, 0.15) is 5.69 Å². The molecule has 0 saturated heterocycles. The summed E-state index contributed by atoms with van der Waals surface area (Å²) in [6, 6.07) is 2.34. The average molecular weight is 303 g/mol. The van der Waals surface area contributed by atoms with E-state index in [0.717, 1.165) is 13.2 Å². The SMILES string of the molecule is CON(F)c1ccc(I)c(F)c1F. The quantitative estimate of drug-likeness (QED) is 0.360. The number of hydrogen-bond acceptors (Lipinski definition) is 2. The van der Waals surface area contributed by atoms with Gasteiger partial charge in [0.05, 0.1) is 10.7 Å². The van der Waals surface area contributed by atoms with E-state index in [1.165, 1.54) is 6.07 Å². The second-order valence-corrected chi connectivity index (χ2v) is 3.28. The van der Waals surface area contributed by atoms with Crippen LogP contribution in [-0.2, 0) is 4.84 Å². The van der Waals surface area contributed by atoms with E-state index >= 15 is 0 Å². The lowest BCUT2D eigenvalue weighted by molar-refractivity contribution is 0.0574. The van der Waals surface area contributed by atoms with Crippen molar-refractivity contribution in [1.29, 1.82) is 0 Å². The van der Waals surface area contributed by atoms with Gasteiger partial charge in [-0.2, -0.15) is 0 Å². The van der Waals surface area contributed by atoms with E-state index in [-0.39, 0.29) is 8.86 Å². The Morgan fingerprint density at radius 3 is 2.46 bits per heavy atom. The van der Waals surface area contributed by atoms with Gasteiger partial charge >= 0.3 is 0 Å². The Bertz CT molecular complexity index is 321. The number of benzene rings is 1. The van der Waals surface area contributed by atoms with E-state index in [2.05, 4.69) is 4.84 Å². The third-order valence-electron chi connectivity index (χ3n) is 1.36. The topological polar surface area (TPSA) is 12.5 Å². The molecule has 1 aromatic rings. The Balaban J connectivity index is 3.18. The average Bonchev–Trinajstić information content (AvgIpc) is 2.13. The fourth-order valence-corrected chi connectivity index (χ4v) is 1.17. The lowest BCUT2D eigenvalue weighted by Gasteiger charge is -2.11. The summed E-state index contributed by atoms with van der Waals surface area (Å²) in [5.41, 5.74) is -0.583. The fourth-order valence-electron chi connectivity index (χ4n) is 0.750. The Kier molecular flexibility index (Phi) is 3.37. The Morgan fingerprint density at radius 2 is 1.92 bits per heavy atom. The summed E-state index contributed by atoms with van der Waals surface area (Å²) in [7, 11) is 1.01. The molecule has 6 heteroatoms. The maximum atomic E-state index is 13.0. The number of hydrogen-bond donors (Lipinski definition) is 0. The zero-order chi connectivity index (χ0) is 10.0. The van der Waals surface area contributed by atoms with Gasteiger partial charge in [-0.3, -0.25) is 0 Å². The summed E-state index contributed by atoms with van der Waals surface area (Å²) < 4.78 is 38.5. The molecule has 0 aliphatic rings. The summed E-state index contributed by atoms with van der Waals surface area (Å²) in [4.78, 5) is 4.07. The van der Waals surface area contributed by atoms with Crippen LogP contribution >= 0.6 is 22.6 Å². The number of nitrogens with zero attached hydrogens (tertiary/aromatic N) is 1. The van der Waals surface area contributed by atoms with Gasteiger partial charge < -0.3 is 0 Å². The minimum Gasteiger partial charge on any atom is -0.248 e. The first kappa shape index (κ1) is 10.6. The summed E-state index contributed by atoms with van der Waals surface area (Å²) >= 11 is 1.61. The van der Waals surface area contributed by atoms with Gasteiger partial charge in [-0.15, -0.1) is 0 Å². The summed E-state index contributed by atoms with van der Waals surface area (Å²) in [5.74, 6) is -2.35. The summed E-state index contributed by atoms with van der Waals surface area (Å²) in [6.07, 6.45) is 0. The molecule has 0 aliphatic heterocycles. The molecule has 0 aliphatic carbocycles. The van der Waals surface area contributed by atoms with Crippen LogP contribution in [0.2, 0.25) is 0 Å². The van der Waals surface area contributed by atoms with Gasteiger partial charge in [0, 0.05) is 0 Å². The zero-order valence-corrected chi connectivity index (χ0v) is 8.68. The van der Waals surface area contributed by atoms with E-state index in [1.54, 1.807) is 22.6 Å². The van der Waals surface area contributed by atoms with Gasteiger partial charge in [-0.1, -0.05) is 9.77 Å². The molecule has 1 aromatic carbocycles. The van der Waals surface area contributed by atoms with Crippen molar-refractivity contribution in [3.8, 4) is 0 Å². The second kappa shape index (κ2) is 4.14. The number of rotatable bonds is 2. The smallest absolute Gasteiger partial charge is 0.188 e. The normalized spacial score (nSPS) is 10.2. The minimum absolute atomic E-state index is 0.0864. The van der Waals surface area contributed by atoms with Crippen LogP contribution in [0.3, 0.4) is 0 Å². The van der Waals surface area contributed by atoms with Crippen molar-refractivity contribution >= 4 is 28.3 Å². The third-order valence-corrected chi connectivity index (χ3v) is 2.20. The van der Waals surface area contributed by atoms with Crippen molar-refractivity contribution in [2.75, 3.05) is 12.4 Å². The summed E-state index contributed by atoms with van der Waals surface area (Å²) in [6.45, 7) is 0. The summed E-state index contributed by atoms with van der Waals surface area (Å²) in [5, 5.41) is -0.339. The second-order valence-electron chi connectivity index (χ2n) is 2.12. The molecule has 0 saturated carbocycles. The van der Waals surface area contributed by atoms with Gasteiger partial charge in [0.25, 0.3) is 0 Å². The molecule has 0 N–H and O–H groups in total. The van der Waals surface area contributed by atoms with Crippen LogP contribution < -0.4 is 5.29 Å². The van der Waals surface area contributed by atoms with Gasteiger partial charge in [0.2, 0.25) is 0 Å². The first-order chi connectivity index (χ1) is 6.07. The van der Waals surface area contributed by atoms with Crippen LogP contribution in [0.25, 0.3) is 0 Å². The first-order valence-electron chi connectivity index (χ1n) is 3.21. The minimum atomic E-state index is -1.27. The van der Waals surface area contributed by atoms with Gasteiger partial charge in [-0.25, -0.2) is 13.6 Å². The Labute approximate surface area is 86.3 Å². The highest BCUT2D eigenvalue weighted by molar-refractivity contribution is 14.1. The monoisotopic (exact) mass is 303 g/mol. The standard InChI is InChI=1S/C7H5F3INO/c1-13-12(10)5-3-2-4(11)6(8)7(5)9/h2-3H,1H3. The van der Waals surface area contributed by atoms with Crippen molar-refractivity contribution in [3.63, 3.8) is 0 Å². The highest BCUT2D eigenvalue weighted by atomic mass is 127. The molecule has 72 valence electrons. The highest BCUT2D eigenvalue weighted by Crippen LogP contribution is 2.25. The molecule has 1 rings (SSSR count). The van der Waals surface area contributed by atoms with Crippen molar-refractivity contribution in [2.24, 2.45) is 0 Å². The first-order valence-corrected chi connectivity index (χ1v) is 4.29. The lowest BCUT2D eigenvalue weighted by Crippen LogP contribution is -2.12. The van der Waals surface area contributed by atoms with Crippen molar-refractivity contribution in [3.05, 3.63) is 27.3 Å². The maximum Gasteiger partial charge on any atom is 0.188 e. The lowest BCUT2D eigenvalue weighted by atomic mass is 10.3. The van der Waals surface area contributed by atoms with Gasteiger partial charge in [0.15, 0.2) is 11.6 Å². The van der Waals surface area contributed by atoms with Crippen LogP contribution in [0.5, 0.6) is 0 Å². The number of halogens is 4. The van der Waals surface area contributed by atoms with E-state index in [9.17, 15) is 13.3 Å². The third kappa shape index (κ3) is 2.05. The highest BCUT2D eigenvalue weighted by Gasteiger charge is 2.16. The Hall–Kier alpha value is -0.500. The Morgan fingerprint density at radius 1 is 1.31 bits per heavy atom. The van der Waals surface area contributed by atoms with Crippen LogP contribution in [0.4, 0.5) is 18.9 Å². The predicted octanol–water partition coefficient (Wildman–Crippen LogP) is 2.82. The molecule has 0 atom stereocenters. The molecule has 0 unspecified atom stereocenters. The van der Waals surface area contributed by atoms with Crippen molar-refractivity contribution in [2.45, 2.75) is 0 Å². The predicted molar refractivity (Wildman–Crippen MR) is 49.7 cm³/mol. The van der Waals surface area contributed by atoms with E-state index in [1.807, 2.05) is 0 Å². The van der Waals surface area contributed by atoms with Crippen LogP contribution in [-0.4, -0.2) is 7.11 Å². The zero-order valence-electron chi connectivity index (χ0n) is 6.52. The van der Waals surface area contributed by atoms with Gasteiger partial charge in [-0.05, 0) is 34.7 Å². The molecule has 0 aromatic heterocycles. The molecular formula is C7H5F3INO. The largest absolute Gasteiger partial charge is 0.248 e. The molecule has 2 nitrogen and oxygen atoms in total. The van der Waals surface area contributed by atoms with Crippen molar-refractivity contribution < 1.29 is 18.1 Å². The van der Waals surface area contributed by atoms with E-state index in [4.69, 9.17) is 0 Å². The molecule has 0 radical (unpaired) electrons.